The van der Waals surface area contributed by atoms with E-state index in [0.717, 1.165) is 11.4 Å². The van der Waals surface area contributed by atoms with Crippen molar-refractivity contribution in [2.45, 2.75) is 0 Å². The van der Waals surface area contributed by atoms with E-state index in [4.69, 9.17) is 17.0 Å². The minimum absolute atomic E-state index is 0.224. The quantitative estimate of drug-likeness (QED) is 0.750. The molecular formula is C16H12N2O2S. The Morgan fingerprint density at radius 3 is 2.43 bits per heavy atom. The number of hydrogen-bond acceptors (Lipinski definition) is 3. The Morgan fingerprint density at radius 2 is 1.67 bits per heavy atom. The highest BCUT2D eigenvalue weighted by Crippen LogP contribution is 2.27. The first-order chi connectivity index (χ1) is 10.2. The van der Waals surface area contributed by atoms with Crippen molar-refractivity contribution in [2.24, 2.45) is 0 Å². The Labute approximate surface area is 126 Å². The number of benzene rings is 2. The summed E-state index contributed by atoms with van der Waals surface area (Å²) in [6.45, 7) is 0. The summed E-state index contributed by atoms with van der Waals surface area (Å²) in [5, 5.41) is 0. The predicted octanol–water partition coefficient (Wildman–Crippen LogP) is 3.69. The molecule has 3 aromatic rings. The largest absolute Gasteiger partial charge is 0.455 e. The SMILES string of the molecule is O=c1ccn(-c2ccccc2Oc2ccccc2)c(=S)[nH]1. The molecule has 0 aliphatic rings. The van der Waals surface area contributed by atoms with E-state index in [1.165, 1.54) is 6.07 Å². The molecule has 0 atom stereocenters. The van der Waals surface area contributed by atoms with Gasteiger partial charge in [0.15, 0.2) is 10.5 Å². The maximum atomic E-state index is 11.3. The second kappa shape index (κ2) is 5.76. The first-order valence-electron chi connectivity index (χ1n) is 6.38. The van der Waals surface area contributed by atoms with Gasteiger partial charge in [-0.3, -0.25) is 14.3 Å². The van der Waals surface area contributed by atoms with Gasteiger partial charge in [-0.25, -0.2) is 0 Å². The van der Waals surface area contributed by atoms with E-state index in [1.54, 1.807) is 10.8 Å². The van der Waals surface area contributed by atoms with E-state index in [9.17, 15) is 4.79 Å². The van der Waals surface area contributed by atoms with Crippen LogP contribution in [0.2, 0.25) is 0 Å². The average molecular weight is 296 g/mol. The molecule has 0 unspecified atom stereocenters. The summed E-state index contributed by atoms with van der Waals surface area (Å²) in [5.74, 6) is 1.40. The Bertz CT molecular complexity index is 869. The molecule has 104 valence electrons. The zero-order chi connectivity index (χ0) is 14.7. The molecule has 2 aromatic carbocycles. The van der Waals surface area contributed by atoms with Crippen LogP contribution in [0.5, 0.6) is 11.5 Å². The predicted molar refractivity (Wildman–Crippen MR) is 83.7 cm³/mol. The van der Waals surface area contributed by atoms with Crippen LogP contribution in [0.4, 0.5) is 0 Å². The van der Waals surface area contributed by atoms with Gasteiger partial charge in [-0.05, 0) is 36.5 Å². The first kappa shape index (κ1) is 13.3. The van der Waals surface area contributed by atoms with Crippen molar-refractivity contribution in [3.8, 4) is 17.2 Å². The van der Waals surface area contributed by atoms with Crippen molar-refractivity contribution in [3.05, 3.63) is 82.0 Å². The van der Waals surface area contributed by atoms with Gasteiger partial charge in [0.05, 0.1) is 5.69 Å². The molecular weight excluding hydrogens is 284 g/mol. The molecule has 5 heteroatoms. The van der Waals surface area contributed by atoms with Crippen molar-refractivity contribution >= 4 is 12.2 Å². The molecule has 0 amide bonds. The summed E-state index contributed by atoms with van der Waals surface area (Å²) in [6.07, 6.45) is 1.63. The van der Waals surface area contributed by atoms with E-state index in [2.05, 4.69) is 4.98 Å². The minimum Gasteiger partial charge on any atom is -0.455 e. The van der Waals surface area contributed by atoms with Gasteiger partial charge in [0.25, 0.3) is 5.56 Å². The van der Waals surface area contributed by atoms with Crippen molar-refractivity contribution < 1.29 is 4.74 Å². The molecule has 0 spiro atoms. The highest BCUT2D eigenvalue weighted by molar-refractivity contribution is 7.71. The van der Waals surface area contributed by atoms with Gasteiger partial charge in [-0.2, -0.15) is 0 Å². The molecule has 0 bridgehead atoms. The maximum absolute atomic E-state index is 11.3. The number of rotatable bonds is 3. The lowest BCUT2D eigenvalue weighted by molar-refractivity contribution is 0.479. The fourth-order valence-electron chi connectivity index (χ4n) is 1.96. The minimum atomic E-state index is -0.224. The van der Waals surface area contributed by atoms with Gasteiger partial charge in [0.1, 0.15) is 5.75 Å². The zero-order valence-electron chi connectivity index (χ0n) is 11.0. The van der Waals surface area contributed by atoms with Gasteiger partial charge in [0, 0.05) is 12.3 Å². The lowest BCUT2D eigenvalue weighted by atomic mass is 10.3. The van der Waals surface area contributed by atoms with Crippen molar-refractivity contribution in [1.82, 2.24) is 9.55 Å². The van der Waals surface area contributed by atoms with Crippen LogP contribution >= 0.6 is 12.2 Å². The number of nitrogens with zero attached hydrogens (tertiary/aromatic N) is 1. The average Bonchev–Trinajstić information content (AvgIpc) is 2.49. The molecule has 0 saturated heterocycles. The zero-order valence-corrected chi connectivity index (χ0v) is 11.8. The lowest BCUT2D eigenvalue weighted by Crippen LogP contribution is -2.10. The maximum Gasteiger partial charge on any atom is 0.251 e. The van der Waals surface area contributed by atoms with Crippen molar-refractivity contribution in [2.75, 3.05) is 0 Å². The molecule has 1 heterocycles. The molecule has 1 aromatic heterocycles. The third-order valence-electron chi connectivity index (χ3n) is 2.92. The monoisotopic (exact) mass is 296 g/mol. The van der Waals surface area contributed by atoms with Gasteiger partial charge >= 0.3 is 0 Å². The third-order valence-corrected chi connectivity index (χ3v) is 3.22. The molecule has 21 heavy (non-hydrogen) atoms. The van der Waals surface area contributed by atoms with Crippen LogP contribution in [0.15, 0.2) is 71.7 Å². The normalized spacial score (nSPS) is 10.3. The molecule has 4 nitrogen and oxygen atoms in total. The second-order valence-corrected chi connectivity index (χ2v) is 4.75. The van der Waals surface area contributed by atoms with E-state index in [0.29, 0.717) is 10.5 Å². The fourth-order valence-corrected chi connectivity index (χ4v) is 2.22. The van der Waals surface area contributed by atoms with Crippen LogP contribution in [0.25, 0.3) is 5.69 Å². The number of H-pyrrole nitrogens is 1. The standard InChI is InChI=1S/C16H12N2O2S/c19-15-10-11-18(16(21)17-15)13-8-4-5-9-14(13)20-12-6-2-1-3-7-12/h1-11H,(H,17,19,21). The Balaban J connectivity index is 2.08. The van der Waals surface area contributed by atoms with Crippen LogP contribution in [0.3, 0.4) is 0 Å². The summed E-state index contributed by atoms with van der Waals surface area (Å²) in [4.78, 5) is 13.9. The van der Waals surface area contributed by atoms with Gasteiger partial charge in [-0.1, -0.05) is 30.3 Å². The summed E-state index contributed by atoms with van der Waals surface area (Å²) in [6, 6.07) is 18.4. The van der Waals surface area contributed by atoms with Crippen LogP contribution < -0.4 is 10.3 Å². The lowest BCUT2D eigenvalue weighted by Gasteiger charge is -2.13. The molecule has 0 radical (unpaired) electrons. The van der Waals surface area contributed by atoms with E-state index in [1.807, 2.05) is 54.6 Å². The van der Waals surface area contributed by atoms with E-state index < -0.39 is 0 Å². The number of nitrogens with one attached hydrogen (secondary N) is 1. The Kier molecular flexibility index (Phi) is 3.66. The van der Waals surface area contributed by atoms with Crippen LogP contribution in [-0.2, 0) is 0 Å². The Hall–Kier alpha value is -2.66. The summed E-state index contributed by atoms with van der Waals surface area (Å²) in [5.41, 5.74) is 0.542. The fraction of sp³-hybridized carbons (Fsp3) is 0. The molecule has 0 aliphatic heterocycles. The Morgan fingerprint density at radius 1 is 0.952 bits per heavy atom. The summed E-state index contributed by atoms with van der Waals surface area (Å²) in [7, 11) is 0. The second-order valence-electron chi connectivity index (χ2n) is 4.36. The smallest absolute Gasteiger partial charge is 0.251 e. The van der Waals surface area contributed by atoms with Gasteiger partial charge in [-0.15, -0.1) is 0 Å². The first-order valence-corrected chi connectivity index (χ1v) is 6.79. The number of aromatic nitrogens is 2. The van der Waals surface area contributed by atoms with Crippen molar-refractivity contribution in [3.63, 3.8) is 0 Å². The molecule has 1 N–H and O–H groups in total. The van der Waals surface area contributed by atoms with Crippen LogP contribution in [-0.4, -0.2) is 9.55 Å². The molecule has 0 saturated carbocycles. The molecule has 0 aliphatic carbocycles. The topological polar surface area (TPSA) is 47.0 Å². The highest BCUT2D eigenvalue weighted by atomic mass is 32.1. The van der Waals surface area contributed by atoms with Gasteiger partial charge < -0.3 is 4.74 Å². The molecule has 3 rings (SSSR count). The highest BCUT2D eigenvalue weighted by Gasteiger charge is 2.06. The number of ether oxygens (including phenoxy) is 1. The summed E-state index contributed by atoms with van der Waals surface area (Å²) < 4.78 is 7.92. The summed E-state index contributed by atoms with van der Waals surface area (Å²) >= 11 is 5.20. The van der Waals surface area contributed by atoms with Crippen molar-refractivity contribution in [1.29, 1.82) is 0 Å². The van der Waals surface area contributed by atoms with E-state index in [-0.39, 0.29) is 5.56 Å². The van der Waals surface area contributed by atoms with Crippen LogP contribution in [0.1, 0.15) is 0 Å². The van der Waals surface area contributed by atoms with Crippen LogP contribution in [0, 0.1) is 4.77 Å². The number of para-hydroxylation sites is 3. The number of aromatic amines is 1. The molecule has 0 fully saturated rings. The third kappa shape index (κ3) is 2.93. The van der Waals surface area contributed by atoms with E-state index >= 15 is 0 Å². The van der Waals surface area contributed by atoms with Gasteiger partial charge in [0.2, 0.25) is 0 Å². The number of hydrogen-bond donors (Lipinski definition) is 1.